The molecule has 0 fully saturated rings. The summed E-state index contributed by atoms with van der Waals surface area (Å²) in [4.78, 5) is 15.4. The van der Waals surface area contributed by atoms with Gasteiger partial charge in [-0.05, 0) is 13.8 Å². The number of hydrogen-bond acceptors (Lipinski definition) is 3. The maximum absolute atomic E-state index is 11.5. The second kappa shape index (κ2) is 2.85. The van der Waals surface area contributed by atoms with Crippen LogP contribution in [0.4, 0.5) is 11.4 Å². The zero-order valence-electron chi connectivity index (χ0n) is 7.89. The van der Waals surface area contributed by atoms with Gasteiger partial charge in [-0.25, -0.2) is 0 Å². The van der Waals surface area contributed by atoms with Crippen LogP contribution in [0.15, 0.2) is 12.4 Å². The van der Waals surface area contributed by atoms with Crippen molar-refractivity contribution in [1.29, 1.82) is 0 Å². The highest BCUT2D eigenvalue weighted by Crippen LogP contribution is 2.35. The van der Waals surface area contributed by atoms with E-state index in [1.54, 1.807) is 26.2 Å². The number of pyridine rings is 1. The van der Waals surface area contributed by atoms with Crippen LogP contribution in [0.5, 0.6) is 0 Å². The molecule has 14 heavy (non-hydrogen) atoms. The minimum Gasteiger partial charge on any atom is -0.369 e. The molecule has 0 bridgehead atoms. The molecule has 1 aromatic rings. The molecule has 74 valence electrons. The number of fused-ring (bicyclic) bond motifs is 1. The molecule has 2 heterocycles. The molecule has 0 saturated heterocycles. The molecule has 1 aromatic heterocycles. The van der Waals surface area contributed by atoms with Gasteiger partial charge in [-0.2, -0.15) is 0 Å². The molecule has 0 spiro atoms. The van der Waals surface area contributed by atoms with Crippen molar-refractivity contribution in [3.8, 4) is 0 Å². The molecule has 0 unspecified atom stereocenters. The second-order valence-electron chi connectivity index (χ2n) is 3.75. The van der Waals surface area contributed by atoms with E-state index in [0.717, 1.165) is 5.69 Å². The maximum Gasteiger partial charge on any atom is 0.249 e. The summed E-state index contributed by atoms with van der Waals surface area (Å²) >= 11 is 5.94. The zero-order valence-corrected chi connectivity index (χ0v) is 8.64. The number of anilines is 2. The third kappa shape index (κ3) is 1.32. The third-order valence-electron chi connectivity index (χ3n) is 2.15. The Morgan fingerprint density at radius 1 is 1.43 bits per heavy atom. The first-order chi connectivity index (χ1) is 6.50. The van der Waals surface area contributed by atoms with Crippen molar-refractivity contribution in [3.63, 3.8) is 0 Å². The fourth-order valence-electron chi connectivity index (χ4n) is 1.30. The van der Waals surface area contributed by atoms with E-state index in [1.807, 2.05) is 0 Å². The lowest BCUT2D eigenvalue weighted by Gasteiger charge is -2.32. The van der Waals surface area contributed by atoms with Crippen molar-refractivity contribution < 1.29 is 4.79 Å². The number of halogens is 1. The predicted octanol–water partition coefficient (Wildman–Crippen LogP) is 1.88. The van der Waals surface area contributed by atoms with Crippen LogP contribution in [-0.2, 0) is 4.79 Å². The van der Waals surface area contributed by atoms with Gasteiger partial charge < -0.3 is 10.6 Å². The summed E-state index contributed by atoms with van der Waals surface area (Å²) in [6.45, 7) is 3.59. The van der Waals surface area contributed by atoms with Gasteiger partial charge in [-0.15, -0.1) is 0 Å². The Labute approximate surface area is 86.7 Å². The molecule has 5 heteroatoms. The average Bonchev–Trinajstić information content (AvgIpc) is 2.09. The first-order valence-electron chi connectivity index (χ1n) is 4.24. The van der Waals surface area contributed by atoms with E-state index in [4.69, 9.17) is 11.6 Å². The van der Waals surface area contributed by atoms with Crippen LogP contribution in [0.1, 0.15) is 13.8 Å². The van der Waals surface area contributed by atoms with Crippen LogP contribution < -0.4 is 10.6 Å². The molecule has 0 atom stereocenters. The zero-order chi connectivity index (χ0) is 10.3. The lowest BCUT2D eigenvalue weighted by Crippen LogP contribution is -2.47. The van der Waals surface area contributed by atoms with Gasteiger partial charge in [0.05, 0.1) is 22.6 Å². The van der Waals surface area contributed by atoms with Gasteiger partial charge in [0, 0.05) is 6.20 Å². The highest BCUT2D eigenvalue weighted by Gasteiger charge is 2.33. The van der Waals surface area contributed by atoms with Crippen molar-refractivity contribution in [2.24, 2.45) is 0 Å². The topological polar surface area (TPSA) is 54.0 Å². The maximum atomic E-state index is 11.5. The summed E-state index contributed by atoms with van der Waals surface area (Å²) < 4.78 is 0. The Morgan fingerprint density at radius 2 is 2.14 bits per heavy atom. The number of carbonyl (C=O) groups excluding carboxylic acids is 1. The van der Waals surface area contributed by atoms with Crippen LogP contribution in [0, 0.1) is 0 Å². The summed E-state index contributed by atoms with van der Waals surface area (Å²) in [7, 11) is 0. The van der Waals surface area contributed by atoms with Crippen LogP contribution in [0.2, 0.25) is 5.02 Å². The van der Waals surface area contributed by atoms with Crippen molar-refractivity contribution >= 4 is 28.9 Å². The van der Waals surface area contributed by atoms with Gasteiger partial charge in [-0.3, -0.25) is 9.78 Å². The molecule has 0 radical (unpaired) electrons. The first kappa shape index (κ1) is 9.27. The molecule has 2 N–H and O–H groups in total. The number of carbonyl (C=O) groups is 1. The third-order valence-corrected chi connectivity index (χ3v) is 2.44. The normalized spacial score (nSPS) is 18.1. The van der Waals surface area contributed by atoms with Crippen molar-refractivity contribution in [2.75, 3.05) is 10.6 Å². The van der Waals surface area contributed by atoms with Gasteiger partial charge >= 0.3 is 0 Å². The SMILES string of the molecule is CC1(C)Nc2c(Cl)cncc2NC1=O. The Hall–Kier alpha value is -1.29. The van der Waals surface area contributed by atoms with Gasteiger partial charge in [-0.1, -0.05) is 11.6 Å². The Morgan fingerprint density at radius 3 is 2.86 bits per heavy atom. The Balaban J connectivity index is 2.51. The number of nitrogens with zero attached hydrogens (tertiary/aromatic N) is 1. The molecular weight excluding hydrogens is 202 g/mol. The van der Waals surface area contributed by atoms with Crippen molar-refractivity contribution in [3.05, 3.63) is 17.4 Å². The molecule has 1 amide bonds. The van der Waals surface area contributed by atoms with Crippen LogP contribution in [-0.4, -0.2) is 16.4 Å². The van der Waals surface area contributed by atoms with E-state index in [1.165, 1.54) is 0 Å². The number of nitrogens with one attached hydrogen (secondary N) is 2. The van der Waals surface area contributed by atoms with Gasteiger partial charge in [0.2, 0.25) is 5.91 Å². The molecule has 0 saturated carbocycles. The smallest absolute Gasteiger partial charge is 0.249 e. The average molecular weight is 212 g/mol. The monoisotopic (exact) mass is 211 g/mol. The largest absolute Gasteiger partial charge is 0.369 e. The van der Waals surface area contributed by atoms with E-state index in [-0.39, 0.29) is 5.91 Å². The van der Waals surface area contributed by atoms with Crippen LogP contribution in [0.3, 0.4) is 0 Å². The molecular formula is C9H10ClN3O. The van der Waals surface area contributed by atoms with E-state index in [2.05, 4.69) is 15.6 Å². The highest BCUT2D eigenvalue weighted by molar-refractivity contribution is 6.34. The van der Waals surface area contributed by atoms with E-state index in [9.17, 15) is 4.79 Å². The first-order valence-corrected chi connectivity index (χ1v) is 4.61. The molecule has 2 rings (SSSR count). The molecule has 4 nitrogen and oxygen atoms in total. The second-order valence-corrected chi connectivity index (χ2v) is 4.16. The number of amides is 1. The minimum absolute atomic E-state index is 0.0888. The van der Waals surface area contributed by atoms with Gasteiger partial charge in [0.15, 0.2) is 0 Å². The van der Waals surface area contributed by atoms with Crippen LogP contribution in [0.25, 0.3) is 0 Å². The fraction of sp³-hybridized carbons (Fsp3) is 0.333. The molecule has 0 aromatic carbocycles. The quantitative estimate of drug-likeness (QED) is 0.689. The Kier molecular flexibility index (Phi) is 1.89. The lowest BCUT2D eigenvalue weighted by molar-refractivity contribution is -0.119. The van der Waals surface area contributed by atoms with Crippen molar-refractivity contribution in [1.82, 2.24) is 4.98 Å². The van der Waals surface area contributed by atoms with E-state index >= 15 is 0 Å². The predicted molar refractivity (Wildman–Crippen MR) is 55.6 cm³/mol. The summed E-state index contributed by atoms with van der Waals surface area (Å²) in [6, 6.07) is 0. The number of rotatable bonds is 0. The Bertz CT molecular complexity index is 403. The summed E-state index contributed by atoms with van der Waals surface area (Å²) in [5.74, 6) is -0.0888. The minimum atomic E-state index is -0.641. The molecule has 1 aliphatic rings. The van der Waals surface area contributed by atoms with Crippen molar-refractivity contribution in [2.45, 2.75) is 19.4 Å². The summed E-state index contributed by atoms with van der Waals surface area (Å²) in [5, 5.41) is 6.32. The van der Waals surface area contributed by atoms with Gasteiger partial charge in [0.1, 0.15) is 5.54 Å². The standard InChI is InChI=1S/C9H10ClN3O/c1-9(2)8(14)12-6-4-11-3-5(10)7(6)13-9/h3-4,13H,1-2H3,(H,12,14). The van der Waals surface area contributed by atoms with Crippen LogP contribution >= 0.6 is 11.6 Å². The fourth-order valence-corrected chi connectivity index (χ4v) is 1.51. The lowest BCUT2D eigenvalue weighted by atomic mass is 10.0. The molecule has 1 aliphatic heterocycles. The summed E-state index contributed by atoms with van der Waals surface area (Å²) in [6.07, 6.45) is 3.11. The van der Waals surface area contributed by atoms with E-state index < -0.39 is 5.54 Å². The molecule has 0 aliphatic carbocycles. The highest BCUT2D eigenvalue weighted by atomic mass is 35.5. The number of aromatic nitrogens is 1. The summed E-state index contributed by atoms with van der Waals surface area (Å²) in [5.41, 5.74) is 0.714. The van der Waals surface area contributed by atoms with Gasteiger partial charge in [0.25, 0.3) is 0 Å². The number of hydrogen-bond donors (Lipinski definition) is 2. The van der Waals surface area contributed by atoms with E-state index in [0.29, 0.717) is 10.7 Å².